The van der Waals surface area contributed by atoms with Gasteiger partial charge in [-0.05, 0) is 24.8 Å². The molecule has 0 spiro atoms. The van der Waals surface area contributed by atoms with Crippen LogP contribution in [0.15, 0.2) is 18.5 Å². The van der Waals surface area contributed by atoms with E-state index in [4.69, 9.17) is 4.74 Å². The molecule has 0 aromatic carbocycles. The summed E-state index contributed by atoms with van der Waals surface area (Å²) in [7, 11) is 1.77. The van der Waals surface area contributed by atoms with Crippen molar-refractivity contribution in [3.63, 3.8) is 0 Å². The third kappa shape index (κ3) is 2.87. The molecule has 2 aromatic heterocycles. The lowest BCUT2D eigenvalue weighted by molar-refractivity contribution is 0.233. The van der Waals surface area contributed by atoms with E-state index in [1.807, 2.05) is 6.07 Å². The lowest BCUT2D eigenvalue weighted by atomic mass is 10.1. The van der Waals surface area contributed by atoms with Crippen LogP contribution < -0.4 is 10.1 Å². The van der Waals surface area contributed by atoms with E-state index >= 15 is 0 Å². The Balaban J connectivity index is 1.77. The first-order chi connectivity index (χ1) is 9.85. The lowest BCUT2D eigenvalue weighted by Crippen LogP contribution is -2.13. The summed E-state index contributed by atoms with van der Waals surface area (Å²) in [6, 6.07) is 2.17. The van der Waals surface area contributed by atoms with Crippen LogP contribution in [0, 0.1) is 5.92 Å². The maximum Gasteiger partial charge on any atom is 0.323 e. The number of hydrogen-bond donors (Lipinski definition) is 1. The van der Waals surface area contributed by atoms with Crippen LogP contribution in [0.1, 0.15) is 25.7 Å². The fourth-order valence-electron chi connectivity index (χ4n) is 2.38. The van der Waals surface area contributed by atoms with Gasteiger partial charge in [0.25, 0.3) is 5.95 Å². The minimum absolute atomic E-state index is 0.349. The number of rotatable bonds is 5. The molecular formula is C13H18N6O. The third-order valence-electron chi connectivity index (χ3n) is 3.46. The fourth-order valence-corrected chi connectivity index (χ4v) is 2.38. The van der Waals surface area contributed by atoms with Crippen molar-refractivity contribution < 1.29 is 4.74 Å². The lowest BCUT2D eigenvalue weighted by Gasteiger charge is -2.11. The van der Waals surface area contributed by atoms with Gasteiger partial charge in [-0.15, -0.1) is 0 Å². The van der Waals surface area contributed by atoms with Crippen LogP contribution in [0.5, 0.6) is 6.01 Å². The minimum Gasteiger partial charge on any atom is -0.463 e. The molecule has 0 atom stereocenters. The van der Waals surface area contributed by atoms with Gasteiger partial charge in [-0.25, -0.2) is 4.68 Å². The smallest absolute Gasteiger partial charge is 0.323 e. The molecular weight excluding hydrogens is 256 g/mol. The van der Waals surface area contributed by atoms with E-state index in [1.165, 1.54) is 25.7 Å². The Labute approximate surface area is 117 Å². The summed E-state index contributed by atoms with van der Waals surface area (Å²) in [6.45, 7) is 0.672. The van der Waals surface area contributed by atoms with Gasteiger partial charge in [0.15, 0.2) is 0 Å². The Bertz CT molecular complexity index is 550. The van der Waals surface area contributed by atoms with Crippen molar-refractivity contribution in [3.8, 4) is 12.0 Å². The molecule has 7 heteroatoms. The first-order valence-corrected chi connectivity index (χ1v) is 6.92. The fraction of sp³-hybridized carbons (Fsp3) is 0.538. The Morgan fingerprint density at radius 2 is 2.15 bits per heavy atom. The second-order valence-corrected chi connectivity index (χ2v) is 4.90. The van der Waals surface area contributed by atoms with Gasteiger partial charge < -0.3 is 10.1 Å². The standard InChI is InChI=1S/C13H18N6O/c1-14-11-16-12(19-8-4-7-15-19)18-13(17-11)20-9-10-5-2-3-6-10/h4,7-8,10H,2-3,5-6,9H2,1H3,(H,14,16,17,18). The molecule has 3 rings (SSSR count). The summed E-state index contributed by atoms with van der Waals surface area (Å²) < 4.78 is 7.32. The molecule has 1 fully saturated rings. The van der Waals surface area contributed by atoms with Crippen LogP contribution in [0.25, 0.3) is 5.95 Å². The average molecular weight is 274 g/mol. The Morgan fingerprint density at radius 3 is 2.85 bits per heavy atom. The average Bonchev–Trinajstić information content (AvgIpc) is 3.17. The topological polar surface area (TPSA) is 77.8 Å². The third-order valence-corrected chi connectivity index (χ3v) is 3.46. The van der Waals surface area contributed by atoms with Crippen molar-refractivity contribution in [1.29, 1.82) is 0 Å². The van der Waals surface area contributed by atoms with Crippen LogP contribution >= 0.6 is 0 Å². The van der Waals surface area contributed by atoms with E-state index in [1.54, 1.807) is 24.1 Å². The second kappa shape index (κ2) is 5.85. The normalized spacial score (nSPS) is 15.4. The molecule has 1 saturated carbocycles. The zero-order valence-corrected chi connectivity index (χ0v) is 11.5. The highest BCUT2D eigenvalue weighted by Crippen LogP contribution is 2.25. The number of anilines is 1. The van der Waals surface area contributed by atoms with Crippen LogP contribution in [-0.2, 0) is 0 Å². The summed E-state index contributed by atoms with van der Waals surface area (Å²) in [5.41, 5.74) is 0. The van der Waals surface area contributed by atoms with Crippen LogP contribution in [0.3, 0.4) is 0 Å². The quantitative estimate of drug-likeness (QED) is 0.893. The maximum absolute atomic E-state index is 5.73. The van der Waals surface area contributed by atoms with Crippen molar-refractivity contribution in [2.75, 3.05) is 19.0 Å². The summed E-state index contributed by atoms with van der Waals surface area (Å²) in [6.07, 6.45) is 8.53. The van der Waals surface area contributed by atoms with E-state index < -0.39 is 0 Å². The Morgan fingerprint density at radius 1 is 1.30 bits per heavy atom. The van der Waals surface area contributed by atoms with E-state index in [2.05, 4.69) is 25.4 Å². The zero-order chi connectivity index (χ0) is 13.8. The number of hydrogen-bond acceptors (Lipinski definition) is 6. The van der Waals surface area contributed by atoms with E-state index in [0.717, 1.165) is 0 Å². The largest absolute Gasteiger partial charge is 0.463 e. The highest BCUT2D eigenvalue weighted by Gasteiger charge is 2.17. The maximum atomic E-state index is 5.73. The minimum atomic E-state index is 0.349. The second-order valence-electron chi connectivity index (χ2n) is 4.90. The molecule has 106 valence electrons. The molecule has 2 heterocycles. The van der Waals surface area contributed by atoms with Crippen LogP contribution in [0.2, 0.25) is 0 Å². The molecule has 7 nitrogen and oxygen atoms in total. The molecule has 1 N–H and O–H groups in total. The molecule has 20 heavy (non-hydrogen) atoms. The molecule has 0 bridgehead atoms. The molecule has 0 amide bonds. The predicted molar refractivity (Wildman–Crippen MR) is 73.9 cm³/mol. The van der Waals surface area contributed by atoms with Crippen LogP contribution in [0.4, 0.5) is 5.95 Å². The highest BCUT2D eigenvalue weighted by atomic mass is 16.5. The number of aromatic nitrogens is 5. The molecule has 0 radical (unpaired) electrons. The Hall–Kier alpha value is -2.18. The number of nitrogens with zero attached hydrogens (tertiary/aromatic N) is 5. The molecule has 1 aliphatic rings. The van der Waals surface area contributed by atoms with Crippen molar-refractivity contribution in [2.24, 2.45) is 5.92 Å². The van der Waals surface area contributed by atoms with Gasteiger partial charge in [0.2, 0.25) is 5.95 Å². The number of nitrogens with one attached hydrogen (secondary N) is 1. The van der Waals surface area contributed by atoms with E-state index in [-0.39, 0.29) is 0 Å². The van der Waals surface area contributed by atoms with Crippen molar-refractivity contribution in [3.05, 3.63) is 18.5 Å². The van der Waals surface area contributed by atoms with Gasteiger partial charge in [-0.3, -0.25) is 0 Å². The van der Waals surface area contributed by atoms with Gasteiger partial charge in [-0.1, -0.05) is 12.8 Å². The van der Waals surface area contributed by atoms with E-state index in [0.29, 0.717) is 30.4 Å². The summed E-state index contributed by atoms with van der Waals surface area (Å²) >= 11 is 0. The summed E-state index contributed by atoms with van der Waals surface area (Å²) in [5.74, 6) is 1.56. The van der Waals surface area contributed by atoms with Gasteiger partial charge in [-0.2, -0.15) is 20.1 Å². The van der Waals surface area contributed by atoms with Gasteiger partial charge in [0.1, 0.15) is 0 Å². The SMILES string of the molecule is CNc1nc(OCC2CCCC2)nc(-n2cccn2)n1. The highest BCUT2D eigenvalue weighted by molar-refractivity contribution is 5.28. The molecule has 1 aliphatic carbocycles. The predicted octanol–water partition coefficient (Wildman–Crippen LogP) is 1.67. The number of ether oxygens (including phenoxy) is 1. The molecule has 0 aliphatic heterocycles. The summed E-state index contributed by atoms with van der Waals surface area (Å²) in [4.78, 5) is 12.8. The molecule has 2 aromatic rings. The molecule has 0 saturated heterocycles. The van der Waals surface area contributed by atoms with Crippen molar-refractivity contribution >= 4 is 5.95 Å². The van der Waals surface area contributed by atoms with Crippen LogP contribution in [-0.4, -0.2) is 38.4 Å². The first-order valence-electron chi connectivity index (χ1n) is 6.92. The van der Waals surface area contributed by atoms with E-state index in [9.17, 15) is 0 Å². The van der Waals surface area contributed by atoms with Gasteiger partial charge in [0.05, 0.1) is 6.61 Å². The monoisotopic (exact) mass is 274 g/mol. The van der Waals surface area contributed by atoms with Crippen molar-refractivity contribution in [1.82, 2.24) is 24.7 Å². The first kappa shape index (κ1) is 12.8. The van der Waals surface area contributed by atoms with Crippen molar-refractivity contribution in [2.45, 2.75) is 25.7 Å². The van der Waals surface area contributed by atoms with Gasteiger partial charge in [0, 0.05) is 19.4 Å². The van der Waals surface area contributed by atoms with Gasteiger partial charge >= 0.3 is 6.01 Å². The zero-order valence-electron chi connectivity index (χ0n) is 11.5. The Kier molecular flexibility index (Phi) is 3.76. The summed E-state index contributed by atoms with van der Waals surface area (Å²) in [5, 5.41) is 7.04. The molecule has 0 unspecified atom stereocenters.